The molecule has 0 spiro atoms. The fourth-order valence-electron chi connectivity index (χ4n) is 2.50. The zero-order valence-electron chi connectivity index (χ0n) is 15.0. The summed E-state index contributed by atoms with van der Waals surface area (Å²) < 4.78 is 5.27. The van der Waals surface area contributed by atoms with Crippen LogP contribution in [0.25, 0.3) is 10.9 Å². The second kappa shape index (κ2) is 8.19. The van der Waals surface area contributed by atoms with E-state index in [9.17, 15) is 4.79 Å². The van der Waals surface area contributed by atoms with Gasteiger partial charge in [0.2, 0.25) is 5.91 Å². The molecule has 0 bridgehead atoms. The average Bonchev–Trinajstić information content (AvgIpc) is 2.66. The average molecular weight is 367 g/mol. The van der Waals surface area contributed by atoms with Crippen LogP contribution in [0.4, 0.5) is 5.69 Å². The first kappa shape index (κ1) is 18.2. The Morgan fingerprint density at radius 2 is 1.85 bits per heavy atom. The second-order valence-corrected chi connectivity index (χ2v) is 7.06. The lowest BCUT2D eigenvalue weighted by Crippen LogP contribution is -2.15. The molecular formula is C20H21N3O2S. The first-order valence-corrected chi connectivity index (χ1v) is 9.39. The first-order chi connectivity index (χ1) is 12.6. The Labute approximate surface area is 157 Å². The maximum absolute atomic E-state index is 12.4. The molecule has 0 aliphatic rings. The molecule has 3 rings (SSSR count). The van der Waals surface area contributed by atoms with Crippen LogP contribution >= 0.6 is 11.8 Å². The number of para-hydroxylation sites is 3. The van der Waals surface area contributed by atoms with Gasteiger partial charge in [0, 0.05) is 11.3 Å². The number of carbonyl (C=O) groups is 1. The molecule has 0 saturated heterocycles. The van der Waals surface area contributed by atoms with Crippen LogP contribution in [0.5, 0.6) is 5.75 Å². The predicted molar refractivity (Wildman–Crippen MR) is 106 cm³/mol. The van der Waals surface area contributed by atoms with E-state index in [2.05, 4.69) is 29.1 Å². The minimum atomic E-state index is -0.103. The van der Waals surface area contributed by atoms with Gasteiger partial charge in [-0.25, -0.2) is 9.97 Å². The normalized spacial score (nSPS) is 10.9. The number of thioether (sulfide) groups is 1. The molecule has 0 atom stereocenters. The monoisotopic (exact) mass is 367 g/mol. The quantitative estimate of drug-likeness (QED) is 0.514. The van der Waals surface area contributed by atoms with Crippen LogP contribution in [0.15, 0.2) is 53.6 Å². The molecular weight excluding hydrogens is 346 g/mol. The van der Waals surface area contributed by atoms with Crippen molar-refractivity contribution in [3.05, 3.63) is 54.4 Å². The smallest absolute Gasteiger partial charge is 0.234 e. The lowest BCUT2D eigenvalue weighted by Gasteiger charge is -2.11. The van der Waals surface area contributed by atoms with Crippen molar-refractivity contribution in [3.8, 4) is 5.75 Å². The molecule has 6 heteroatoms. The zero-order valence-corrected chi connectivity index (χ0v) is 15.8. The third-order valence-electron chi connectivity index (χ3n) is 3.82. The summed E-state index contributed by atoms with van der Waals surface area (Å²) in [5, 5.41) is 4.68. The molecule has 0 aliphatic carbocycles. The summed E-state index contributed by atoms with van der Waals surface area (Å²) in [5.74, 6) is 1.81. The highest BCUT2D eigenvalue weighted by Crippen LogP contribution is 2.28. The van der Waals surface area contributed by atoms with Gasteiger partial charge in [0.15, 0.2) is 0 Å². The third-order valence-corrected chi connectivity index (χ3v) is 4.81. The van der Waals surface area contributed by atoms with E-state index in [0.717, 1.165) is 21.8 Å². The number of anilines is 1. The molecule has 0 saturated carbocycles. The summed E-state index contributed by atoms with van der Waals surface area (Å²) in [6.07, 6.45) is 0. The van der Waals surface area contributed by atoms with Gasteiger partial charge in [-0.05, 0) is 18.2 Å². The summed E-state index contributed by atoms with van der Waals surface area (Å²) >= 11 is 1.42. The number of rotatable bonds is 6. The number of benzene rings is 2. The van der Waals surface area contributed by atoms with E-state index >= 15 is 0 Å². The first-order valence-electron chi connectivity index (χ1n) is 8.41. The molecule has 3 aromatic rings. The number of nitrogens with zero attached hydrogens (tertiary/aromatic N) is 2. The van der Waals surface area contributed by atoms with Gasteiger partial charge in [-0.1, -0.05) is 55.9 Å². The molecule has 2 aromatic carbocycles. The molecule has 1 amide bonds. The fraction of sp³-hybridized carbons (Fsp3) is 0.250. The molecule has 0 unspecified atom stereocenters. The van der Waals surface area contributed by atoms with Crippen molar-refractivity contribution < 1.29 is 9.53 Å². The van der Waals surface area contributed by atoms with E-state index in [1.54, 1.807) is 7.11 Å². The maximum atomic E-state index is 12.4. The number of fused-ring (bicyclic) bond motifs is 1. The molecule has 5 nitrogen and oxygen atoms in total. The number of carbonyl (C=O) groups excluding carboxylic acids is 1. The van der Waals surface area contributed by atoms with Crippen LogP contribution in [0.3, 0.4) is 0 Å². The van der Waals surface area contributed by atoms with Crippen molar-refractivity contribution in [3.63, 3.8) is 0 Å². The van der Waals surface area contributed by atoms with E-state index in [-0.39, 0.29) is 17.6 Å². The van der Waals surface area contributed by atoms with Crippen LogP contribution in [0.1, 0.15) is 25.6 Å². The van der Waals surface area contributed by atoms with Gasteiger partial charge in [0.1, 0.15) is 16.6 Å². The van der Waals surface area contributed by atoms with Crippen LogP contribution in [-0.4, -0.2) is 28.7 Å². The van der Waals surface area contributed by atoms with Crippen LogP contribution in [0, 0.1) is 0 Å². The van der Waals surface area contributed by atoms with Gasteiger partial charge in [0.05, 0.1) is 24.1 Å². The Kier molecular flexibility index (Phi) is 5.73. The minimum Gasteiger partial charge on any atom is -0.495 e. The predicted octanol–water partition coefficient (Wildman–Crippen LogP) is 4.49. The van der Waals surface area contributed by atoms with Gasteiger partial charge in [-0.2, -0.15) is 0 Å². The zero-order chi connectivity index (χ0) is 18.5. The number of methoxy groups -OCH3 is 1. The third kappa shape index (κ3) is 4.14. The Bertz CT molecular complexity index is 928. The molecule has 0 aliphatic heterocycles. The summed E-state index contributed by atoms with van der Waals surface area (Å²) in [4.78, 5) is 21.6. The summed E-state index contributed by atoms with van der Waals surface area (Å²) in [5.41, 5.74) is 1.56. The lowest BCUT2D eigenvalue weighted by molar-refractivity contribution is -0.113. The van der Waals surface area contributed by atoms with Gasteiger partial charge in [-0.3, -0.25) is 4.79 Å². The van der Waals surface area contributed by atoms with Gasteiger partial charge in [0.25, 0.3) is 0 Å². The molecule has 1 aromatic heterocycles. The summed E-state index contributed by atoms with van der Waals surface area (Å²) in [6.45, 7) is 4.12. The minimum absolute atomic E-state index is 0.103. The second-order valence-electron chi connectivity index (χ2n) is 6.10. The van der Waals surface area contributed by atoms with Crippen molar-refractivity contribution in [2.75, 3.05) is 18.2 Å². The number of nitrogens with one attached hydrogen (secondary N) is 1. The molecule has 0 fully saturated rings. The number of ether oxygens (including phenoxy) is 1. The van der Waals surface area contributed by atoms with Crippen molar-refractivity contribution in [1.29, 1.82) is 0 Å². The van der Waals surface area contributed by atoms with Gasteiger partial charge < -0.3 is 10.1 Å². The summed E-state index contributed by atoms with van der Waals surface area (Å²) in [6, 6.07) is 15.2. The number of aromatic nitrogens is 2. The highest BCUT2D eigenvalue weighted by Gasteiger charge is 2.13. The number of amides is 1. The lowest BCUT2D eigenvalue weighted by atomic mass is 10.2. The topological polar surface area (TPSA) is 64.1 Å². The maximum Gasteiger partial charge on any atom is 0.234 e. The molecule has 26 heavy (non-hydrogen) atoms. The number of hydrogen-bond donors (Lipinski definition) is 1. The van der Waals surface area contributed by atoms with E-state index in [1.807, 2.05) is 48.5 Å². The van der Waals surface area contributed by atoms with E-state index in [0.29, 0.717) is 11.4 Å². The van der Waals surface area contributed by atoms with E-state index in [4.69, 9.17) is 4.74 Å². The molecule has 134 valence electrons. The Morgan fingerprint density at radius 3 is 2.62 bits per heavy atom. The van der Waals surface area contributed by atoms with Gasteiger partial charge >= 0.3 is 0 Å². The van der Waals surface area contributed by atoms with Crippen molar-refractivity contribution >= 4 is 34.3 Å². The Morgan fingerprint density at radius 1 is 1.12 bits per heavy atom. The summed E-state index contributed by atoms with van der Waals surface area (Å²) in [7, 11) is 1.58. The Balaban J connectivity index is 1.77. The number of hydrogen-bond acceptors (Lipinski definition) is 5. The molecule has 1 N–H and O–H groups in total. The standard InChI is InChI=1S/C20H21N3O2S/c1-13(2)19-22-15-9-5-4-8-14(15)20(23-19)26-12-18(24)21-16-10-6-7-11-17(16)25-3/h4-11,13H,12H2,1-3H3,(H,21,24). The van der Waals surface area contributed by atoms with Crippen molar-refractivity contribution in [2.24, 2.45) is 0 Å². The molecule has 0 radical (unpaired) electrons. The molecule has 1 heterocycles. The van der Waals surface area contributed by atoms with Gasteiger partial charge in [-0.15, -0.1) is 0 Å². The largest absolute Gasteiger partial charge is 0.495 e. The van der Waals surface area contributed by atoms with Crippen LogP contribution in [-0.2, 0) is 4.79 Å². The van der Waals surface area contributed by atoms with E-state index in [1.165, 1.54) is 11.8 Å². The fourth-order valence-corrected chi connectivity index (χ4v) is 3.33. The van der Waals surface area contributed by atoms with Crippen LogP contribution in [0.2, 0.25) is 0 Å². The van der Waals surface area contributed by atoms with Crippen LogP contribution < -0.4 is 10.1 Å². The van der Waals surface area contributed by atoms with E-state index < -0.39 is 0 Å². The van der Waals surface area contributed by atoms with Crippen molar-refractivity contribution in [1.82, 2.24) is 9.97 Å². The van der Waals surface area contributed by atoms with Crippen molar-refractivity contribution in [2.45, 2.75) is 24.8 Å². The highest BCUT2D eigenvalue weighted by atomic mass is 32.2. The highest BCUT2D eigenvalue weighted by molar-refractivity contribution is 8.00. The SMILES string of the molecule is COc1ccccc1NC(=O)CSc1nc(C(C)C)nc2ccccc12. The Hall–Kier alpha value is -2.60.